The fourth-order valence-corrected chi connectivity index (χ4v) is 3.34. The molecule has 0 bridgehead atoms. The van der Waals surface area contributed by atoms with Gasteiger partial charge in [-0.05, 0) is 24.1 Å². The number of amides is 1. The molecule has 128 valence electrons. The molecule has 0 aliphatic heterocycles. The van der Waals surface area contributed by atoms with Crippen molar-refractivity contribution < 1.29 is 9.21 Å². The van der Waals surface area contributed by atoms with Crippen LogP contribution in [0.1, 0.15) is 11.3 Å². The van der Waals surface area contributed by atoms with E-state index in [1.165, 1.54) is 16.9 Å². The topological polar surface area (TPSA) is 46.3 Å². The highest BCUT2D eigenvalue weighted by Crippen LogP contribution is 2.24. The lowest BCUT2D eigenvalue weighted by molar-refractivity contribution is -0.130. The van der Waals surface area contributed by atoms with Gasteiger partial charge in [0.05, 0.1) is 18.4 Å². The summed E-state index contributed by atoms with van der Waals surface area (Å²) in [7, 11) is 0. The zero-order valence-corrected chi connectivity index (χ0v) is 14.7. The Morgan fingerprint density at radius 1 is 1.24 bits per heavy atom. The van der Waals surface area contributed by atoms with Crippen LogP contribution in [0.15, 0.2) is 71.2 Å². The molecule has 0 saturated heterocycles. The van der Waals surface area contributed by atoms with Crippen molar-refractivity contribution in [2.24, 2.45) is 0 Å². The molecular formula is C20H20N2O2S. The number of hydrogen-bond acceptors (Lipinski definition) is 4. The van der Waals surface area contributed by atoms with Gasteiger partial charge in [-0.1, -0.05) is 36.4 Å². The molecule has 1 amide bonds. The Labute approximate surface area is 151 Å². The Bertz CT molecular complexity index is 809. The molecule has 2 heterocycles. The van der Waals surface area contributed by atoms with Crippen molar-refractivity contribution in [1.29, 1.82) is 0 Å². The second-order valence-corrected chi connectivity index (χ2v) is 6.52. The van der Waals surface area contributed by atoms with E-state index >= 15 is 0 Å². The Balaban J connectivity index is 1.61. The molecule has 0 unspecified atom stereocenters. The van der Waals surface area contributed by atoms with E-state index in [0.717, 1.165) is 22.9 Å². The monoisotopic (exact) mass is 352 g/mol. The largest absolute Gasteiger partial charge is 0.462 e. The van der Waals surface area contributed by atoms with Crippen LogP contribution >= 0.6 is 11.3 Å². The van der Waals surface area contributed by atoms with Gasteiger partial charge in [-0.15, -0.1) is 17.9 Å². The molecule has 0 aliphatic rings. The lowest BCUT2D eigenvalue weighted by Crippen LogP contribution is -2.34. The summed E-state index contributed by atoms with van der Waals surface area (Å²) in [5, 5.41) is 2.71. The first-order chi connectivity index (χ1) is 12.3. The number of rotatable bonds is 8. The molecule has 2 aromatic heterocycles. The van der Waals surface area contributed by atoms with Crippen molar-refractivity contribution in [2.75, 3.05) is 13.1 Å². The van der Waals surface area contributed by atoms with E-state index < -0.39 is 0 Å². The van der Waals surface area contributed by atoms with Gasteiger partial charge in [0.15, 0.2) is 10.8 Å². The Morgan fingerprint density at radius 3 is 2.80 bits per heavy atom. The lowest BCUT2D eigenvalue weighted by atomic mass is 10.1. The van der Waals surface area contributed by atoms with E-state index in [1.807, 2.05) is 40.6 Å². The van der Waals surface area contributed by atoms with Crippen LogP contribution in [0.25, 0.3) is 10.8 Å². The summed E-state index contributed by atoms with van der Waals surface area (Å²) in [6.07, 6.45) is 4.50. The quantitative estimate of drug-likeness (QED) is 0.571. The van der Waals surface area contributed by atoms with E-state index in [0.29, 0.717) is 19.5 Å². The van der Waals surface area contributed by atoms with Crippen molar-refractivity contribution in [3.63, 3.8) is 0 Å². The molecule has 0 spiro atoms. The van der Waals surface area contributed by atoms with Crippen LogP contribution in [-0.2, 0) is 17.6 Å². The van der Waals surface area contributed by atoms with Gasteiger partial charge in [-0.3, -0.25) is 4.79 Å². The SMILES string of the molecule is C=CCN(CCc1ccccc1)C(=O)Cc1csc(-c2ccco2)n1. The number of furan rings is 1. The third-order valence-electron chi connectivity index (χ3n) is 3.83. The third-order valence-corrected chi connectivity index (χ3v) is 4.74. The number of carbonyl (C=O) groups excluding carboxylic acids is 1. The van der Waals surface area contributed by atoms with Crippen LogP contribution in [0.2, 0.25) is 0 Å². The van der Waals surface area contributed by atoms with E-state index in [1.54, 1.807) is 12.3 Å². The highest BCUT2D eigenvalue weighted by molar-refractivity contribution is 7.13. The van der Waals surface area contributed by atoms with Crippen LogP contribution in [0.3, 0.4) is 0 Å². The highest BCUT2D eigenvalue weighted by atomic mass is 32.1. The molecule has 0 saturated carbocycles. The van der Waals surface area contributed by atoms with Crippen LogP contribution < -0.4 is 0 Å². The van der Waals surface area contributed by atoms with Crippen molar-refractivity contribution in [1.82, 2.24) is 9.88 Å². The number of nitrogens with zero attached hydrogens (tertiary/aromatic N) is 2. The van der Waals surface area contributed by atoms with Gasteiger partial charge in [-0.2, -0.15) is 0 Å². The summed E-state index contributed by atoms with van der Waals surface area (Å²) in [6.45, 7) is 4.98. The molecule has 5 heteroatoms. The summed E-state index contributed by atoms with van der Waals surface area (Å²) in [6, 6.07) is 13.9. The maximum atomic E-state index is 12.6. The minimum atomic E-state index is 0.0622. The molecule has 0 atom stereocenters. The number of carbonyl (C=O) groups is 1. The first-order valence-electron chi connectivity index (χ1n) is 8.17. The highest BCUT2D eigenvalue weighted by Gasteiger charge is 2.15. The number of benzene rings is 1. The van der Waals surface area contributed by atoms with Gasteiger partial charge in [0.1, 0.15) is 0 Å². The van der Waals surface area contributed by atoms with Gasteiger partial charge < -0.3 is 9.32 Å². The number of thiazole rings is 1. The Hall–Kier alpha value is -2.66. The number of aromatic nitrogens is 1. The summed E-state index contributed by atoms with van der Waals surface area (Å²) in [5.74, 6) is 0.794. The van der Waals surface area contributed by atoms with Gasteiger partial charge in [0, 0.05) is 18.5 Å². The Kier molecular flexibility index (Phi) is 5.80. The molecule has 25 heavy (non-hydrogen) atoms. The van der Waals surface area contributed by atoms with Crippen molar-refractivity contribution in [2.45, 2.75) is 12.8 Å². The van der Waals surface area contributed by atoms with Crippen LogP contribution in [0.4, 0.5) is 0 Å². The third kappa shape index (κ3) is 4.67. The summed E-state index contributed by atoms with van der Waals surface area (Å²) < 4.78 is 5.35. The minimum absolute atomic E-state index is 0.0622. The molecule has 3 aromatic rings. The molecule has 0 radical (unpaired) electrons. The van der Waals surface area contributed by atoms with E-state index in [4.69, 9.17) is 4.42 Å². The maximum Gasteiger partial charge on any atom is 0.228 e. The standard InChI is InChI=1S/C20H20N2O2S/c1-2-11-22(12-10-16-7-4-3-5-8-16)19(23)14-17-15-25-20(21-17)18-9-6-13-24-18/h2-9,13,15H,1,10-12,14H2. The molecular weight excluding hydrogens is 332 g/mol. The molecule has 1 aromatic carbocycles. The van der Waals surface area contributed by atoms with Crippen LogP contribution in [0.5, 0.6) is 0 Å². The van der Waals surface area contributed by atoms with E-state index in [2.05, 4.69) is 23.7 Å². The minimum Gasteiger partial charge on any atom is -0.462 e. The van der Waals surface area contributed by atoms with Gasteiger partial charge >= 0.3 is 0 Å². The second-order valence-electron chi connectivity index (χ2n) is 5.66. The summed E-state index contributed by atoms with van der Waals surface area (Å²) >= 11 is 1.49. The van der Waals surface area contributed by atoms with Gasteiger partial charge in [0.25, 0.3) is 0 Å². The molecule has 0 aliphatic carbocycles. The summed E-state index contributed by atoms with van der Waals surface area (Å²) in [5.41, 5.74) is 1.99. The summed E-state index contributed by atoms with van der Waals surface area (Å²) in [4.78, 5) is 19.0. The molecule has 4 nitrogen and oxygen atoms in total. The Morgan fingerprint density at radius 2 is 2.08 bits per heavy atom. The second kappa shape index (κ2) is 8.44. The lowest BCUT2D eigenvalue weighted by Gasteiger charge is -2.20. The van der Waals surface area contributed by atoms with Crippen molar-refractivity contribution >= 4 is 17.2 Å². The van der Waals surface area contributed by atoms with Crippen molar-refractivity contribution in [3.05, 3.63) is 78.0 Å². The maximum absolute atomic E-state index is 12.6. The predicted octanol–water partition coefficient (Wildman–Crippen LogP) is 4.20. The van der Waals surface area contributed by atoms with Crippen LogP contribution in [-0.4, -0.2) is 28.9 Å². The van der Waals surface area contributed by atoms with E-state index in [9.17, 15) is 4.79 Å². The van der Waals surface area contributed by atoms with Crippen LogP contribution in [0, 0.1) is 0 Å². The van der Waals surface area contributed by atoms with Gasteiger partial charge in [-0.25, -0.2) is 4.98 Å². The van der Waals surface area contributed by atoms with E-state index in [-0.39, 0.29) is 5.91 Å². The molecule has 0 N–H and O–H groups in total. The van der Waals surface area contributed by atoms with Gasteiger partial charge in [0.2, 0.25) is 5.91 Å². The first kappa shape index (κ1) is 17.2. The zero-order valence-electron chi connectivity index (χ0n) is 13.9. The fourth-order valence-electron chi connectivity index (χ4n) is 2.55. The first-order valence-corrected chi connectivity index (χ1v) is 9.05. The normalized spacial score (nSPS) is 10.6. The molecule has 0 fully saturated rings. The average molecular weight is 352 g/mol. The zero-order chi connectivity index (χ0) is 17.5. The molecule has 3 rings (SSSR count). The predicted molar refractivity (Wildman–Crippen MR) is 100 cm³/mol. The fraction of sp³-hybridized carbons (Fsp3) is 0.200. The number of hydrogen-bond donors (Lipinski definition) is 0. The van der Waals surface area contributed by atoms with Crippen molar-refractivity contribution in [3.8, 4) is 10.8 Å². The smallest absolute Gasteiger partial charge is 0.228 e. The average Bonchev–Trinajstić information content (AvgIpc) is 3.31.